The molecule has 8 heteroatoms. The molecule has 0 aliphatic heterocycles. The molecule has 0 aliphatic rings. The lowest BCUT2D eigenvalue weighted by Gasteiger charge is -2.09. The minimum Gasteiger partial charge on any atom is -0.382 e. The minimum atomic E-state index is -0.735. The van der Waals surface area contributed by atoms with Crippen LogP contribution < -0.4 is 16.8 Å². The first-order valence-electron chi connectivity index (χ1n) is 8.87. The lowest BCUT2D eigenvalue weighted by Crippen LogP contribution is -2.23. The Balaban J connectivity index is 1.70. The fraction of sp³-hybridized carbons (Fsp3) is 0.143. The van der Waals surface area contributed by atoms with Crippen molar-refractivity contribution in [1.29, 1.82) is 0 Å². The summed E-state index contributed by atoms with van der Waals surface area (Å²) in [4.78, 5) is 32.0. The van der Waals surface area contributed by atoms with Crippen LogP contribution in [-0.2, 0) is 13.0 Å². The Morgan fingerprint density at radius 3 is 2.66 bits per heavy atom. The number of carbonyl (C=O) groups is 2. The fourth-order valence-corrected chi connectivity index (χ4v) is 2.97. The number of rotatable bonds is 6. The van der Waals surface area contributed by atoms with Crippen molar-refractivity contribution in [3.63, 3.8) is 0 Å². The Bertz CT molecular complexity index is 1080. The van der Waals surface area contributed by atoms with E-state index in [4.69, 9.17) is 23.1 Å². The maximum atomic E-state index is 12.5. The van der Waals surface area contributed by atoms with E-state index >= 15 is 0 Å². The van der Waals surface area contributed by atoms with Gasteiger partial charge >= 0.3 is 0 Å². The molecule has 148 valence electrons. The van der Waals surface area contributed by atoms with Crippen molar-refractivity contribution in [3.05, 3.63) is 87.3 Å². The van der Waals surface area contributed by atoms with Gasteiger partial charge in [0.15, 0.2) is 11.5 Å². The average Bonchev–Trinajstić information content (AvgIpc) is 2.70. The SMILES string of the molecule is Cc1ccc(CNC(=O)c2cccc(Cc3cnc(N)c(C(N)=O)n3)c2)cc1Cl. The molecule has 0 atom stereocenters. The Hall–Kier alpha value is -3.45. The second-order valence-corrected chi connectivity index (χ2v) is 7.01. The van der Waals surface area contributed by atoms with Gasteiger partial charge in [-0.15, -0.1) is 0 Å². The summed E-state index contributed by atoms with van der Waals surface area (Å²) < 4.78 is 0. The largest absolute Gasteiger partial charge is 0.382 e. The van der Waals surface area contributed by atoms with E-state index in [0.29, 0.717) is 29.2 Å². The predicted molar refractivity (Wildman–Crippen MR) is 112 cm³/mol. The van der Waals surface area contributed by atoms with Gasteiger partial charge in [0.25, 0.3) is 11.8 Å². The number of aromatic nitrogens is 2. The number of anilines is 1. The molecule has 7 nitrogen and oxygen atoms in total. The summed E-state index contributed by atoms with van der Waals surface area (Å²) in [6, 6.07) is 12.8. The summed E-state index contributed by atoms with van der Waals surface area (Å²) in [7, 11) is 0. The Morgan fingerprint density at radius 1 is 1.14 bits per heavy atom. The standard InChI is InChI=1S/C21H20ClN5O2/c1-12-5-6-14(9-17(12)22)10-26-21(29)15-4-2-3-13(7-15)8-16-11-25-19(23)18(27-16)20(24)28/h2-7,9,11H,8,10H2,1H3,(H2,23,25)(H2,24,28)(H,26,29). The van der Waals surface area contributed by atoms with Gasteiger partial charge in [0, 0.05) is 23.6 Å². The van der Waals surface area contributed by atoms with Gasteiger partial charge < -0.3 is 16.8 Å². The van der Waals surface area contributed by atoms with Crippen molar-refractivity contribution in [1.82, 2.24) is 15.3 Å². The fourth-order valence-electron chi connectivity index (χ4n) is 2.76. The van der Waals surface area contributed by atoms with Gasteiger partial charge in [-0.3, -0.25) is 9.59 Å². The molecule has 2 aromatic carbocycles. The molecule has 0 aliphatic carbocycles. The number of benzene rings is 2. The zero-order valence-corrected chi connectivity index (χ0v) is 16.5. The van der Waals surface area contributed by atoms with E-state index in [9.17, 15) is 9.59 Å². The second-order valence-electron chi connectivity index (χ2n) is 6.60. The molecule has 0 fully saturated rings. The van der Waals surface area contributed by atoms with Gasteiger partial charge in [0.05, 0.1) is 11.9 Å². The number of nitrogens with zero attached hydrogens (tertiary/aromatic N) is 2. The maximum absolute atomic E-state index is 12.5. The lowest BCUT2D eigenvalue weighted by atomic mass is 10.1. The Labute approximate surface area is 173 Å². The summed E-state index contributed by atoms with van der Waals surface area (Å²) in [5.74, 6) is -0.948. The van der Waals surface area contributed by atoms with Crippen LogP contribution in [0.25, 0.3) is 0 Å². The number of aryl methyl sites for hydroxylation is 1. The van der Waals surface area contributed by atoms with Crippen LogP contribution in [0.3, 0.4) is 0 Å². The molecule has 0 radical (unpaired) electrons. The molecule has 29 heavy (non-hydrogen) atoms. The van der Waals surface area contributed by atoms with Crippen LogP contribution in [0, 0.1) is 6.92 Å². The summed E-state index contributed by atoms with van der Waals surface area (Å²) in [5.41, 5.74) is 14.6. The molecule has 1 heterocycles. The molecular weight excluding hydrogens is 390 g/mol. The van der Waals surface area contributed by atoms with Crippen LogP contribution >= 0.6 is 11.6 Å². The van der Waals surface area contributed by atoms with Crippen LogP contribution in [0.2, 0.25) is 5.02 Å². The van der Waals surface area contributed by atoms with Gasteiger partial charge in [-0.25, -0.2) is 9.97 Å². The molecule has 0 unspecified atom stereocenters. The highest BCUT2D eigenvalue weighted by Gasteiger charge is 2.12. The minimum absolute atomic E-state index is 0.00872. The van der Waals surface area contributed by atoms with E-state index in [0.717, 1.165) is 16.7 Å². The first-order chi connectivity index (χ1) is 13.8. The van der Waals surface area contributed by atoms with Crippen molar-refractivity contribution in [2.24, 2.45) is 5.73 Å². The van der Waals surface area contributed by atoms with E-state index in [2.05, 4.69) is 15.3 Å². The maximum Gasteiger partial charge on any atom is 0.271 e. The topological polar surface area (TPSA) is 124 Å². The number of halogens is 1. The number of nitrogens with one attached hydrogen (secondary N) is 1. The summed E-state index contributed by atoms with van der Waals surface area (Å²) >= 11 is 6.12. The van der Waals surface area contributed by atoms with Gasteiger partial charge in [-0.05, 0) is 41.8 Å². The monoisotopic (exact) mass is 409 g/mol. The van der Waals surface area contributed by atoms with E-state index in [1.54, 1.807) is 18.2 Å². The van der Waals surface area contributed by atoms with Crippen molar-refractivity contribution in [3.8, 4) is 0 Å². The molecule has 1 aromatic heterocycles. The zero-order valence-electron chi connectivity index (χ0n) is 15.8. The first kappa shape index (κ1) is 20.3. The van der Waals surface area contributed by atoms with Crippen molar-refractivity contribution < 1.29 is 9.59 Å². The third kappa shape index (κ3) is 5.08. The number of carbonyl (C=O) groups excluding carboxylic acids is 2. The van der Waals surface area contributed by atoms with Crippen molar-refractivity contribution >= 4 is 29.2 Å². The number of nitrogen functional groups attached to an aromatic ring is 1. The van der Waals surface area contributed by atoms with Crippen molar-refractivity contribution in [2.75, 3.05) is 5.73 Å². The molecule has 0 saturated heterocycles. The van der Waals surface area contributed by atoms with Gasteiger partial charge in [-0.2, -0.15) is 0 Å². The normalized spacial score (nSPS) is 10.6. The summed E-state index contributed by atoms with van der Waals surface area (Å²) in [6.45, 7) is 2.29. The summed E-state index contributed by atoms with van der Waals surface area (Å²) in [6.07, 6.45) is 1.86. The van der Waals surface area contributed by atoms with Gasteiger partial charge in [0.1, 0.15) is 0 Å². The number of amides is 2. The lowest BCUT2D eigenvalue weighted by molar-refractivity contribution is 0.0949. The molecular formula is C21H20ClN5O2. The Morgan fingerprint density at radius 2 is 1.93 bits per heavy atom. The quantitative estimate of drug-likeness (QED) is 0.577. The van der Waals surface area contributed by atoms with Crippen molar-refractivity contribution in [2.45, 2.75) is 19.9 Å². The number of nitrogens with two attached hydrogens (primary N) is 2. The highest BCUT2D eigenvalue weighted by atomic mass is 35.5. The molecule has 3 aromatic rings. The number of hydrogen-bond donors (Lipinski definition) is 3. The van der Waals surface area contributed by atoms with E-state index in [1.165, 1.54) is 6.20 Å². The van der Waals surface area contributed by atoms with Crippen LogP contribution in [0.4, 0.5) is 5.82 Å². The zero-order chi connectivity index (χ0) is 21.0. The molecule has 0 spiro atoms. The van der Waals surface area contributed by atoms with E-state index in [1.807, 2.05) is 31.2 Å². The van der Waals surface area contributed by atoms with Crippen LogP contribution in [0.1, 0.15) is 43.2 Å². The molecule has 0 bridgehead atoms. The third-order valence-corrected chi connectivity index (χ3v) is 4.76. The van der Waals surface area contributed by atoms with E-state index < -0.39 is 5.91 Å². The molecule has 5 N–H and O–H groups in total. The second kappa shape index (κ2) is 8.70. The van der Waals surface area contributed by atoms with Crippen LogP contribution in [0.5, 0.6) is 0 Å². The molecule has 3 rings (SSSR count). The van der Waals surface area contributed by atoms with Gasteiger partial charge in [0.2, 0.25) is 0 Å². The number of primary amides is 1. The van der Waals surface area contributed by atoms with E-state index in [-0.39, 0.29) is 17.4 Å². The smallest absolute Gasteiger partial charge is 0.271 e. The average molecular weight is 410 g/mol. The highest BCUT2D eigenvalue weighted by Crippen LogP contribution is 2.17. The van der Waals surface area contributed by atoms with Crippen LogP contribution in [0.15, 0.2) is 48.7 Å². The summed E-state index contributed by atoms with van der Waals surface area (Å²) in [5, 5.41) is 3.55. The van der Waals surface area contributed by atoms with Gasteiger partial charge in [-0.1, -0.05) is 35.9 Å². The first-order valence-corrected chi connectivity index (χ1v) is 9.24. The highest BCUT2D eigenvalue weighted by molar-refractivity contribution is 6.31. The molecule has 2 amide bonds. The Kier molecular flexibility index (Phi) is 6.09. The third-order valence-electron chi connectivity index (χ3n) is 4.35. The van der Waals surface area contributed by atoms with Crippen LogP contribution in [-0.4, -0.2) is 21.8 Å². The predicted octanol–water partition coefficient (Wildman–Crippen LogP) is 2.64. The molecule has 0 saturated carbocycles. The number of hydrogen-bond acceptors (Lipinski definition) is 5.